The summed E-state index contributed by atoms with van der Waals surface area (Å²) in [5.74, 6) is -1.29. The van der Waals surface area contributed by atoms with Gasteiger partial charge in [0.2, 0.25) is 5.78 Å². The van der Waals surface area contributed by atoms with Crippen LogP contribution in [0, 0.1) is 0 Å². The maximum atomic E-state index is 11.4. The summed E-state index contributed by atoms with van der Waals surface area (Å²) in [4.78, 5) is 26.7. The fraction of sp³-hybridized carbons (Fsp3) is 0.188. The topological polar surface area (TPSA) is 56.3 Å². The van der Waals surface area contributed by atoms with Gasteiger partial charge in [0.15, 0.2) is 0 Å². The number of carbonyl (C=O) groups excluding carboxylic acids is 2. The number of Topliss-reactive ketones (excluding diaryl/α,β-unsaturated/α-hetero) is 1. The molecule has 0 aliphatic rings. The number of carbonyl (C=O) groups is 2. The molecule has 1 aromatic heterocycles. The number of pyridine rings is 1. The molecule has 4 heteroatoms. The molecular formula is C16H15NO3. The minimum Gasteiger partial charge on any atom is -0.463 e. The summed E-state index contributed by atoms with van der Waals surface area (Å²) < 4.78 is 4.39. The molecule has 2 rings (SSSR count). The molecule has 1 heterocycles. The SMILES string of the molecule is COC(=O)C(=O)CCc1cccc(-c2ccccn2)c1. The van der Waals surface area contributed by atoms with Crippen LogP contribution in [0.4, 0.5) is 0 Å². The molecule has 0 fully saturated rings. The van der Waals surface area contributed by atoms with Gasteiger partial charge in [-0.05, 0) is 30.2 Å². The third-order valence-corrected chi connectivity index (χ3v) is 2.94. The number of hydrogen-bond acceptors (Lipinski definition) is 4. The second-order valence-corrected chi connectivity index (χ2v) is 4.33. The minimum absolute atomic E-state index is 0.151. The molecule has 1 aromatic carbocycles. The van der Waals surface area contributed by atoms with Crippen molar-refractivity contribution < 1.29 is 14.3 Å². The van der Waals surface area contributed by atoms with Crippen molar-refractivity contribution in [3.05, 3.63) is 54.2 Å². The zero-order valence-electron chi connectivity index (χ0n) is 11.2. The van der Waals surface area contributed by atoms with E-state index in [1.807, 2.05) is 42.5 Å². The Labute approximate surface area is 117 Å². The predicted octanol–water partition coefficient (Wildman–Crippen LogP) is 2.42. The maximum absolute atomic E-state index is 11.4. The molecule has 0 radical (unpaired) electrons. The van der Waals surface area contributed by atoms with E-state index in [0.717, 1.165) is 16.8 Å². The van der Waals surface area contributed by atoms with E-state index in [4.69, 9.17) is 0 Å². The molecule has 0 aliphatic carbocycles. The molecule has 2 aromatic rings. The highest BCUT2D eigenvalue weighted by molar-refractivity contribution is 6.33. The number of esters is 1. The van der Waals surface area contributed by atoms with E-state index in [2.05, 4.69) is 9.72 Å². The Morgan fingerprint density at radius 1 is 1.15 bits per heavy atom. The number of hydrogen-bond donors (Lipinski definition) is 0. The Morgan fingerprint density at radius 2 is 2.00 bits per heavy atom. The van der Waals surface area contributed by atoms with Gasteiger partial charge in [-0.2, -0.15) is 0 Å². The van der Waals surface area contributed by atoms with Crippen molar-refractivity contribution in [2.75, 3.05) is 7.11 Å². The van der Waals surface area contributed by atoms with Gasteiger partial charge in [-0.15, -0.1) is 0 Å². The zero-order chi connectivity index (χ0) is 14.4. The number of ketones is 1. The van der Waals surface area contributed by atoms with E-state index in [0.29, 0.717) is 6.42 Å². The summed E-state index contributed by atoms with van der Waals surface area (Å²) in [7, 11) is 1.21. The summed E-state index contributed by atoms with van der Waals surface area (Å²) in [6.45, 7) is 0. The number of aromatic nitrogens is 1. The van der Waals surface area contributed by atoms with Crippen molar-refractivity contribution in [3.63, 3.8) is 0 Å². The third-order valence-electron chi connectivity index (χ3n) is 2.94. The Hall–Kier alpha value is -2.49. The van der Waals surface area contributed by atoms with Gasteiger partial charge in [-0.25, -0.2) is 4.79 Å². The fourth-order valence-corrected chi connectivity index (χ4v) is 1.89. The molecule has 102 valence electrons. The molecule has 20 heavy (non-hydrogen) atoms. The Bertz CT molecular complexity index is 608. The molecule has 0 spiro atoms. The molecular weight excluding hydrogens is 254 g/mol. The van der Waals surface area contributed by atoms with Crippen molar-refractivity contribution in [1.82, 2.24) is 4.98 Å². The quantitative estimate of drug-likeness (QED) is 0.618. The van der Waals surface area contributed by atoms with Crippen LogP contribution in [0.3, 0.4) is 0 Å². The smallest absolute Gasteiger partial charge is 0.374 e. The predicted molar refractivity (Wildman–Crippen MR) is 75.0 cm³/mol. The van der Waals surface area contributed by atoms with Crippen molar-refractivity contribution in [3.8, 4) is 11.3 Å². The third kappa shape index (κ3) is 3.51. The Balaban J connectivity index is 2.07. The first-order valence-electron chi connectivity index (χ1n) is 6.32. The first-order valence-corrected chi connectivity index (χ1v) is 6.32. The van der Waals surface area contributed by atoms with Gasteiger partial charge in [0.05, 0.1) is 12.8 Å². The second kappa shape index (κ2) is 6.61. The molecule has 4 nitrogen and oxygen atoms in total. The summed E-state index contributed by atoms with van der Waals surface area (Å²) in [5.41, 5.74) is 2.87. The fourth-order valence-electron chi connectivity index (χ4n) is 1.89. The van der Waals surface area contributed by atoms with Crippen LogP contribution in [0.2, 0.25) is 0 Å². The van der Waals surface area contributed by atoms with Crippen LogP contribution in [0.1, 0.15) is 12.0 Å². The number of nitrogens with zero attached hydrogens (tertiary/aromatic N) is 1. The molecule has 0 saturated carbocycles. The van der Waals surface area contributed by atoms with Crippen LogP contribution in [0.5, 0.6) is 0 Å². The second-order valence-electron chi connectivity index (χ2n) is 4.33. The number of rotatable bonds is 5. The van der Waals surface area contributed by atoms with Gasteiger partial charge in [0.25, 0.3) is 0 Å². The molecule has 0 N–H and O–H groups in total. The average Bonchev–Trinajstić information content (AvgIpc) is 2.53. The molecule has 0 unspecified atom stereocenters. The first-order chi connectivity index (χ1) is 9.70. The number of benzene rings is 1. The van der Waals surface area contributed by atoms with Crippen LogP contribution in [-0.4, -0.2) is 23.8 Å². The Kier molecular flexibility index (Phi) is 4.60. The van der Waals surface area contributed by atoms with Crippen LogP contribution < -0.4 is 0 Å². The van der Waals surface area contributed by atoms with Gasteiger partial charge < -0.3 is 4.74 Å². The zero-order valence-corrected chi connectivity index (χ0v) is 11.2. The van der Waals surface area contributed by atoms with Gasteiger partial charge >= 0.3 is 5.97 Å². The lowest BCUT2D eigenvalue weighted by molar-refractivity contribution is -0.151. The molecule has 0 saturated heterocycles. The van der Waals surface area contributed by atoms with Crippen molar-refractivity contribution in [2.45, 2.75) is 12.8 Å². The monoisotopic (exact) mass is 269 g/mol. The van der Waals surface area contributed by atoms with Crippen molar-refractivity contribution in [2.24, 2.45) is 0 Å². The van der Waals surface area contributed by atoms with Crippen LogP contribution in [-0.2, 0) is 20.7 Å². The van der Waals surface area contributed by atoms with Gasteiger partial charge in [-0.3, -0.25) is 9.78 Å². The summed E-state index contributed by atoms with van der Waals surface area (Å²) in [6.07, 6.45) is 2.40. The average molecular weight is 269 g/mol. The lowest BCUT2D eigenvalue weighted by Crippen LogP contribution is -2.15. The Morgan fingerprint density at radius 3 is 2.70 bits per heavy atom. The maximum Gasteiger partial charge on any atom is 0.374 e. The van der Waals surface area contributed by atoms with Gasteiger partial charge in [0, 0.05) is 18.2 Å². The van der Waals surface area contributed by atoms with E-state index in [-0.39, 0.29) is 6.42 Å². The largest absolute Gasteiger partial charge is 0.463 e. The van der Waals surface area contributed by atoms with Crippen molar-refractivity contribution >= 4 is 11.8 Å². The van der Waals surface area contributed by atoms with Crippen LogP contribution in [0.15, 0.2) is 48.7 Å². The number of ether oxygens (including phenoxy) is 1. The van der Waals surface area contributed by atoms with Crippen LogP contribution in [0.25, 0.3) is 11.3 Å². The molecule has 0 atom stereocenters. The summed E-state index contributed by atoms with van der Waals surface area (Å²) in [5, 5.41) is 0. The lowest BCUT2D eigenvalue weighted by atomic mass is 10.0. The highest BCUT2D eigenvalue weighted by Crippen LogP contribution is 2.18. The van der Waals surface area contributed by atoms with E-state index in [9.17, 15) is 9.59 Å². The van der Waals surface area contributed by atoms with Crippen LogP contribution >= 0.6 is 0 Å². The first kappa shape index (κ1) is 13.9. The van der Waals surface area contributed by atoms with Crippen molar-refractivity contribution in [1.29, 1.82) is 0 Å². The van der Waals surface area contributed by atoms with E-state index >= 15 is 0 Å². The normalized spacial score (nSPS) is 10.1. The number of methoxy groups -OCH3 is 1. The van der Waals surface area contributed by atoms with Gasteiger partial charge in [-0.1, -0.05) is 24.3 Å². The number of aryl methyl sites for hydroxylation is 1. The standard InChI is InChI=1S/C16H15NO3/c1-20-16(19)15(18)9-8-12-5-4-6-13(11-12)14-7-2-3-10-17-14/h2-7,10-11H,8-9H2,1H3. The highest BCUT2D eigenvalue weighted by Gasteiger charge is 2.13. The molecule has 0 amide bonds. The van der Waals surface area contributed by atoms with E-state index in [1.165, 1.54) is 7.11 Å². The summed E-state index contributed by atoms with van der Waals surface area (Å²) in [6, 6.07) is 13.5. The highest BCUT2D eigenvalue weighted by atomic mass is 16.5. The molecule has 0 bridgehead atoms. The van der Waals surface area contributed by atoms with Gasteiger partial charge in [0.1, 0.15) is 0 Å². The molecule has 0 aliphatic heterocycles. The minimum atomic E-state index is -0.786. The lowest BCUT2D eigenvalue weighted by Gasteiger charge is -2.04. The van der Waals surface area contributed by atoms with E-state index in [1.54, 1.807) is 6.20 Å². The van der Waals surface area contributed by atoms with E-state index < -0.39 is 11.8 Å². The summed E-state index contributed by atoms with van der Waals surface area (Å²) >= 11 is 0.